The van der Waals surface area contributed by atoms with Crippen LogP contribution in [-0.2, 0) is 4.79 Å². The summed E-state index contributed by atoms with van der Waals surface area (Å²) in [5, 5.41) is 2.74. The second-order valence-electron chi connectivity index (χ2n) is 5.60. The number of hydrogen-bond acceptors (Lipinski definition) is 3. The van der Waals surface area contributed by atoms with Gasteiger partial charge in [-0.15, -0.1) is 0 Å². The van der Waals surface area contributed by atoms with Crippen LogP contribution >= 0.6 is 0 Å². The van der Waals surface area contributed by atoms with E-state index in [1.54, 1.807) is 0 Å². The minimum absolute atomic E-state index is 0.0482. The van der Waals surface area contributed by atoms with Gasteiger partial charge in [0.2, 0.25) is 5.91 Å². The molecule has 0 bridgehead atoms. The SMILES string of the molecule is COc1cc(NC(=O)CCC(C)(C)CCN)ccc1F. The molecule has 1 aromatic rings. The molecule has 0 aromatic heterocycles. The minimum Gasteiger partial charge on any atom is -0.494 e. The summed E-state index contributed by atoms with van der Waals surface area (Å²) in [6.45, 7) is 4.80. The Morgan fingerprint density at radius 3 is 2.70 bits per heavy atom. The number of rotatable bonds is 7. The van der Waals surface area contributed by atoms with Gasteiger partial charge in [-0.3, -0.25) is 4.79 Å². The fourth-order valence-electron chi connectivity index (χ4n) is 1.93. The van der Waals surface area contributed by atoms with Gasteiger partial charge in [-0.05, 0) is 36.9 Å². The Morgan fingerprint density at radius 2 is 2.10 bits per heavy atom. The maximum Gasteiger partial charge on any atom is 0.224 e. The van der Waals surface area contributed by atoms with E-state index in [2.05, 4.69) is 19.2 Å². The number of hydrogen-bond donors (Lipinski definition) is 2. The van der Waals surface area contributed by atoms with E-state index in [-0.39, 0.29) is 17.1 Å². The molecule has 0 atom stereocenters. The first-order valence-electron chi connectivity index (χ1n) is 6.71. The minimum atomic E-state index is -0.449. The Labute approximate surface area is 119 Å². The maximum atomic E-state index is 13.2. The van der Waals surface area contributed by atoms with Crippen LogP contribution in [0.3, 0.4) is 0 Å². The van der Waals surface area contributed by atoms with E-state index in [1.165, 1.54) is 25.3 Å². The van der Waals surface area contributed by atoms with Gasteiger partial charge in [0, 0.05) is 18.2 Å². The third-order valence-corrected chi connectivity index (χ3v) is 3.28. The van der Waals surface area contributed by atoms with Gasteiger partial charge in [-0.25, -0.2) is 4.39 Å². The van der Waals surface area contributed by atoms with Gasteiger partial charge >= 0.3 is 0 Å². The number of ether oxygens (including phenoxy) is 1. The molecule has 4 nitrogen and oxygen atoms in total. The van der Waals surface area contributed by atoms with E-state index in [0.717, 1.165) is 12.8 Å². The lowest BCUT2D eigenvalue weighted by Gasteiger charge is -2.23. The van der Waals surface area contributed by atoms with Crippen LogP contribution in [0.2, 0.25) is 0 Å². The summed E-state index contributed by atoms with van der Waals surface area (Å²) in [6.07, 6.45) is 2.05. The van der Waals surface area contributed by atoms with Gasteiger partial charge in [0.25, 0.3) is 0 Å². The molecule has 1 amide bonds. The van der Waals surface area contributed by atoms with Crippen molar-refractivity contribution in [2.24, 2.45) is 11.1 Å². The zero-order valence-corrected chi connectivity index (χ0v) is 12.3. The number of nitrogens with two attached hydrogens (primary N) is 1. The first-order chi connectivity index (χ1) is 9.38. The van der Waals surface area contributed by atoms with E-state index >= 15 is 0 Å². The highest BCUT2D eigenvalue weighted by atomic mass is 19.1. The first-order valence-corrected chi connectivity index (χ1v) is 6.71. The molecule has 5 heteroatoms. The van der Waals surface area contributed by atoms with E-state index in [4.69, 9.17) is 10.5 Å². The van der Waals surface area contributed by atoms with Crippen LogP contribution in [0.25, 0.3) is 0 Å². The van der Waals surface area contributed by atoms with Crippen molar-refractivity contribution in [1.82, 2.24) is 0 Å². The highest BCUT2D eigenvalue weighted by molar-refractivity contribution is 5.90. The molecule has 0 aliphatic carbocycles. The largest absolute Gasteiger partial charge is 0.494 e. The van der Waals surface area contributed by atoms with Gasteiger partial charge < -0.3 is 15.8 Å². The molecule has 0 heterocycles. The van der Waals surface area contributed by atoms with Crippen molar-refractivity contribution in [1.29, 1.82) is 0 Å². The Morgan fingerprint density at radius 1 is 1.40 bits per heavy atom. The fourth-order valence-corrected chi connectivity index (χ4v) is 1.93. The molecule has 0 spiro atoms. The van der Waals surface area contributed by atoms with Crippen molar-refractivity contribution < 1.29 is 13.9 Å². The molecule has 0 unspecified atom stereocenters. The average Bonchev–Trinajstić information content (AvgIpc) is 2.39. The molecular formula is C15H23FN2O2. The van der Waals surface area contributed by atoms with Crippen LogP contribution in [0, 0.1) is 11.2 Å². The third-order valence-electron chi connectivity index (χ3n) is 3.28. The zero-order valence-electron chi connectivity index (χ0n) is 12.3. The summed E-state index contributed by atoms with van der Waals surface area (Å²) < 4.78 is 18.1. The topological polar surface area (TPSA) is 64.3 Å². The van der Waals surface area contributed by atoms with Crippen molar-refractivity contribution in [3.8, 4) is 5.75 Å². The number of carbonyl (C=O) groups is 1. The Bertz CT molecular complexity index is 461. The Kier molecular flexibility index (Phi) is 5.95. The summed E-state index contributed by atoms with van der Waals surface area (Å²) in [5.74, 6) is -0.426. The maximum absolute atomic E-state index is 13.2. The lowest BCUT2D eigenvalue weighted by atomic mass is 9.84. The number of halogens is 1. The van der Waals surface area contributed by atoms with Gasteiger partial charge in [0.1, 0.15) is 0 Å². The Balaban J connectivity index is 2.54. The van der Waals surface area contributed by atoms with Gasteiger partial charge in [0.15, 0.2) is 11.6 Å². The van der Waals surface area contributed by atoms with Crippen molar-refractivity contribution in [2.45, 2.75) is 33.1 Å². The molecular weight excluding hydrogens is 259 g/mol. The van der Waals surface area contributed by atoms with Crippen LogP contribution in [-0.4, -0.2) is 19.6 Å². The molecule has 0 saturated heterocycles. The molecule has 0 radical (unpaired) electrons. The molecule has 0 saturated carbocycles. The van der Waals surface area contributed by atoms with Gasteiger partial charge in [-0.1, -0.05) is 13.8 Å². The lowest BCUT2D eigenvalue weighted by molar-refractivity contribution is -0.116. The number of amides is 1. The quantitative estimate of drug-likeness (QED) is 0.808. The normalized spacial score (nSPS) is 11.2. The molecule has 0 aliphatic rings. The molecule has 0 fully saturated rings. The third kappa shape index (κ3) is 5.17. The van der Waals surface area contributed by atoms with Crippen LogP contribution < -0.4 is 15.8 Å². The molecule has 1 rings (SSSR count). The monoisotopic (exact) mass is 282 g/mol. The van der Waals surface area contributed by atoms with Gasteiger partial charge in [-0.2, -0.15) is 0 Å². The van der Waals surface area contributed by atoms with Crippen LogP contribution in [0.4, 0.5) is 10.1 Å². The van der Waals surface area contributed by atoms with Crippen LogP contribution in [0.5, 0.6) is 5.75 Å². The van der Waals surface area contributed by atoms with Crippen molar-refractivity contribution >= 4 is 11.6 Å². The smallest absolute Gasteiger partial charge is 0.224 e. The van der Waals surface area contributed by atoms with Crippen molar-refractivity contribution in [3.05, 3.63) is 24.0 Å². The van der Waals surface area contributed by atoms with Crippen LogP contribution in [0.15, 0.2) is 18.2 Å². The predicted octanol–water partition coefficient (Wildman–Crippen LogP) is 2.93. The van der Waals surface area contributed by atoms with E-state index in [9.17, 15) is 9.18 Å². The summed E-state index contributed by atoms with van der Waals surface area (Å²) in [5.41, 5.74) is 6.12. The van der Waals surface area contributed by atoms with E-state index in [1.807, 2.05) is 0 Å². The molecule has 3 N–H and O–H groups in total. The van der Waals surface area contributed by atoms with Crippen LogP contribution in [0.1, 0.15) is 33.1 Å². The fraction of sp³-hybridized carbons (Fsp3) is 0.533. The predicted molar refractivity (Wildman–Crippen MR) is 78.3 cm³/mol. The number of methoxy groups -OCH3 is 1. The zero-order chi connectivity index (χ0) is 15.2. The Hall–Kier alpha value is -1.62. The second-order valence-corrected chi connectivity index (χ2v) is 5.60. The first kappa shape index (κ1) is 16.4. The van der Waals surface area contributed by atoms with E-state index < -0.39 is 5.82 Å². The summed E-state index contributed by atoms with van der Waals surface area (Å²) in [4.78, 5) is 11.9. The standard InChI is InChI=1S/C15H23FN2O2/c1-15(2,8-9-17)7-6-14(19)18-11-4-5-12(16)13(10-11)20-3/h4-5,10H,6-9,17H2,1-3H3,(H,18,19). The number of carbonyl (C=O) groups excluding carboxylic acids is 1. The number of benzene rings is 1. The van der Waals surface area contributed by atoms with Crippen molar-refractivity contribution in [3.63, 3.8) is 0 Å². The summed E-state index contributed by atoms with van der Waals surface area (Å²) in [7, 11) is 1.39. The van der Waals surface area contributed by atoms with Crippen molar-refractivity contribution in [2.75, 3.05) is 19.0 Å². The number of anilines is 1. The van der Waals surface area contributed by atoms with Gasteiger partial charge in [0.05, 0.1) is 7.11 Å². The molecule has 20 heavy (non-hydrogen) atoms. The molecule has 0 aliphatic heterocycles. The van der Waals surface area contributed by atoms with E-state index in [0.29, 0.717) is 18.7 Å². The summed E-state index contributed by atoms with van der Waals surface area (Å²) >= 11 is 0. The summed E-state index contributed by atoms with van der Waals surface area (Å²) in [6, 6.07) is 4.26. The molecule has 112 valence electrons. The number of nitrogens with one attached hydrogen (secondary N) is 1. The average molecular weight is 282 g/mol. The lowest BCUT2D eigenvalue weighted by Crippen LogP contribution is -2.20. The highest BCUT2D eigenvalue weighted by Crippen LogP contribution is 2.26. The molecule has 1 aromatic carbocycles. The second kappa shape index (κ2) is 7.24. The highest BCUT2D eigenvalue weighted by Gasteiger charge is 2.18.